The third-order valence-electron chi connectivity index (χ3n) is 6.25. The van der Waals surface area contributed by atoms with E-state index in [0.29, 0.717) is 12.2 Å². The molecule has 1 fully saturated rings. The molecule has 2 N–H and O–H groups in total. The number of carbonyl (C=O) groups is 2. The van der Waals surface area contributed by atoms with Gasteiger partial charge in [-0.05, 0) is 54.8 Å². The first-order valence-corrected chi connectivity index (χ1v) is 11.6. The molecular weight excluding hydrogens is 426 g/mol. The highest BCUT2D eigenvalue weighted by molar-refractivity contribution is 6.39. The van der Waals surface area contributed by atoms with E-state index in [0.717, 1.165) is 42.9 Å². The van der Waals surface area contributed by atoms with E-state index in [1.807, 2.05) is 56.4 Å². The van der Waals surface area contributed by atoms with Gasteiger partial charge in [0, 0.05) is 56.5 Å². The number of nitrogens with one attached hydrogen (secondary N) is 2. The molecule has 2 heterocycles. The van der Waals surface area contributed by atoms with Crippen LogP contribution in [0.3, 0.4) is 0 Å². The second-order valence-electron chi connectivity index (χ2n) is 8.64. The monoisotopic (exact) mass is 457 g/mol. The Labute approximate surface area is 200 Å². The molecule has 0 aliphatic carbocycles. The zero-order valence-electron chi connectivity index (χ0n) is 19.7. The Kier molecular flexibility index (Phi) is 7.54. The van der Waals surface area contributed by atoms with Crippen LogP contribution in [0.2, 0.25) is 0 Å². The van der Waals surface area contributed by atoms with Crippen LogP contribution in [-0.4, -0.2) is 54.4 Å². The first-order valence-electron chi connectivity index (χ1n) is 11.6. The molecule has 1 aliphatic rings. The number of piperazine rings is 1. The lowest BCUT2D eigenvalue weighted by Crippen LogP contribution is -2.50. The summed E-state index contributed by atoms with van der Waals surface area (Å²) in [6.45, 7) is 7.66. The topological polar surface area (TPSA) is 77.6 Å². The molecular formula is C27H31N5O2. The largest absolute Gasteiger partial charge is 0.369 e. The Bertz CT molecular complexity index is 1110. The SMILES string of the molecule is Cc1ccc(C)c(NC(=O)C(=O)NCC(c2cccnc2)N2CCN(c3ccccc3)CC2)c1. The number of pyridine rings is 1. The van der Waals surface area contributed by atoms with Gasteiger partial charge in [-0.25, -0.2) is 0 Å². The highest BCUT2D eigenvalue weighted by atomic mass is 16.2. The molecule has 1 aliphatic heterocycles. The van der Waals surface area contributed by atoms with Crippen molar-refractivity contribution in [2.24, 2.45) is 0 Å². The Morgan fingerprint density at radius 3 is 2.41 bits per heavy atom. The molecule has 0 bridgehead atoms. The van der Waals surface area contributed by atoms with Gasteiger partial charge < -0.3 is 15.5 Å². The fourth-order valence-electron chi connectivity index (χ4n) is 4.28. The summed E-state index contributed by atoms with van der Waals surface area (Å²) in [4.78, 5) is 34.2. The molecule has 2 amide bonds. The number of amides is 2. The number of anilines is 2. The van der Waals surface area contributed by atoms with Gasteiger partial charge in [0.25, 0.3) is 0 Å². The minimum absolute atomic E-state index is 0.0657. The van der Waals surface area contributed by atoms with Gasteiger partial charge in [-0.3, -0.25) is 19.5 Å². The molecule has 176 valence electrons. The van der Waals surface area contributed by atoms with E-state index in [4.69, 9.17) is 0 Å². The number of rotatable bonds is 6. The summed E-state index contributed by atoms with van der Waals surface area (Å²) in [5, 5.41) is 5.58. The molecule has 0 saturated carbocycles. The van der Waals surface area contributed by atoms with E-state index in [2.05, 4.69) is 49.7 Å². The van der Waals surface area contributed by atoms with Gasteiger partial charge in [-0.1, -0.05) is 36.4 Å². The van der Waals surface area contributed by atoms with Crippen LogP contribution in [0, 0.1) is 13.8 Å². The molecule has 1 aromatic heterocycles. The molecule has 7 nitrogen and oxygen atoms in total. The maximum atomic E-state index is 12.6. The van der Waals surface area contributed by atoms with E-state index in [1.165, 1.54) is 5.69 Å². The van der Waals surface area contributed by atoms with E-state index < -0.39 is 11.8 Å². The summed E-state index contributed by atoms with van der Waals surface area (Å²) in [5.41, 5.74) is 4.83. The van der Waals surface area contributed by atoms with Crippen molar-refractivity contribution >= 4 is 23.2 Å². The number of para-hydroxylation sites is 1. The zero-order chi connectivity index (χ0) is 23.9. The van der Waals surface area contributed by atoms with E-state index in [9.17, 15) is 9.59 Å². The minimum Gasteiger partial charge on any atom is -0.369 e. The molecule has 4 rings (SSSR count). The van der Waals surface area contributed by atoms with Crippen LogP contribution in [0.5, 0.6) is 0 Å². The minimum atomic E-state index is -0.660. The van der Waals surface area contributed by atoms with Crippen molar-refractivity contribution in [1.29, 1.82) is 0 Å². The average Bonchev–Trinajstić information content (AvgIpc) is 2.88. The lowest BCUT2D eigenvalue weighted by Gasteiger charge is -2.40. The normalized spacial score (nSPS) is 14.9. The van der Waals surface area contributed by atoms with Crippen LogP contribution in [0.4, 0.5) is 11.4 Å². The van der Waals surface area contributed by atoms with Crippen LogP contribution in [0.25, 0.3) is 0 Å². The average molecular weight is 458 g/mol. The molecule has 1 saturated heterocycles. The maximum Gasteiger partial charge on any atom is 0.313 e. The standard InChI is InChI=1S/C27H31N5O2/c1-20-10-11-21(2)24(17-20)30-27(34)26(33)29-19-25(22-7-6-12-28-18-22)32-15-13-31(14-16-32)23-8-4-3-5-9-23/h3-12,17-18,25H,13-16,19H2,1-2H3,(H,29,33)(H,30,34). The third-order valence-corrected chi connectivity index (χ3v) is 6.25. The molecule has 1 atom stereocenters. The fraction of sp³-hybridized carbons (Fsp3) is 0.296. The summed E-state index contributed by atoms with van der Waals surface area (Å²) < 4.78 is 0. The fourth-order valence-corrected chi connectivity index (χ4v) is 4.28. The van der Waals surface area contributed by atoms with Crippen LogP contribution in [-0.2, 0) is 9.59 Å². The summed E-state index contributed by atoms with van der Waals surface area (Å²) in [6, 6.07) is 20.0. The number of aryl methyl sites for hydroxylation is 2. The van der Waals surface area contributed by atoms with Crippen LogP contribution in [0.1, 0.15) is 22.7 Å². The van der Waals surface area contributed by atoms with E-state index in [-0.39, 0.29) is 6.04 Å². The summed E-state index contributed by atoms with van der Waals surface area (Å²) >= 11 is 0. The number of aromatic nitrogens is 1. The summed E-state index contributed by atoms with van der Waals surface area (Å²) in [7, 11) is 0. The summed E-state index contributed by atoms with van der Waals surface area (Å²) in [5.74, 6) is -1.30. The van der Waals surface area contributed by atoms with Crippen LogP contribution in [0.15, 0.2) is 73.1 Å². The van der Waals surface area contributed by atoms with Crippen molar-refractivity contribution in [1.82, 2.24) is 15.2 Å². The highest BCUT2D eigenvalue weighted by Crippen LogP contribution is 2.23. The van der Waals surface area contributed by atoms with Gasteiger partial charge in [0.05, 0.1) is 6.04 Å². The van der Waals surface area contributed by atoms with Crippen molar-refractivity contribution in [2.75, 3.05) is 42.9 Å². The summed E-state index contributed by atoms with van der Waals surface area (Å²) in [6.07, 6.45) is 3.57. The first-order chi connectivity index (χ1) is 16.5. The maximum absolute atomic E-state index is 12.6. The number of hydrogen-bond donors (Lipinski definition) is 2. The van der Waals surface area contributed by atoms with Gasteiger partial charge in [-0.15, -0.1) is 0 Å². The van der Waals surface area contributed by atoms with E-state index >= 15 is 0 Å². The molecule has 2 aromatic carbocycles. The number of benzene rings is 2. The van der Waals surface area contributed by atoms with Gasteiger partial charge in [-0.2, -0.15) is 0 Å². The van der Waals surface area contributed by atoms with Crippen LogP contribution < -0.4 is 15.5 Å². The third kappa shape index (κ3) is 5.80. The Balaban J connectivity index is 1.39. The molecule has 3 aromatic rings. The van der Waals surface area contributed by atoms with Crippen molar-refractivity contribution in [3.05, 3.63) is 89.7 Å². The van der Waals surface area contributed by atoms with Crippen molar-refractivity contribution < 1.29 is 9.59 Å². The number of carbonyl (C=O) groups excluding carboxylic acids is 2. The van der Waals surface area contributed by atoms with Gasteiger partial charge in [0.2, 0.25) is 0 Å². The van der Waals surface area contributed by atoms with Crippen molar-refractivity contribution in [3.8, 4) is 0 Å². The van der Waals surface area contributed by atoms with Gasteiger partial charge in [0.15, 0.2) is 0 Å². The Morgan fingerprint density at radius 2 is 1.71 bits per heavy atom. The smallest absolute Gasteiger partial charge is 0.313 e. The lowest BCUT2D eigenvalue weighted by atomic mass is 10.1. The van der Waals surface area contributed by atoms with Gasteiger partial charge >= 0.3 is 11.8 Å². The van der Waals surface area contributed by atoms with Gasteiger partial charge in [0.1, 0.15) is 0 Å². The number of nitrogens with zero attached hydrogens (tertiary/aromatic N) is 3. The molecule has 34 heavy (non-hydrogen) atoms. The second-order valence-corrected chi connectivity index (χ2v) is 8.64. The number of hydrogen-bond acceptors (Lipinski definition) is 5. The quantitative estimate of drug-likeness (QED) is 0.556. The second kappa shape index (κ2) is 10.9. The zero-order valence-corrected chi connectivity index (χ0v) is 19.7. The van der Waals surface area contributed by atoms with Crippen molar-refractivity contribution in [3.63, 3.8) is 0 Å². The highest BCUT2D eigenvalue weighted by Gasteiger charge is 2.27. The Hall–Kier alpha value is -3.71. The molecule has 0 radical (unpaired) electrons. The predicted octanol–water partition coefficient (Wildman–Crippen LogP) is 3.32. The lowest BCUT2D eigenvalue weighted by molar-refractivity contribution is -0.136. The first kappa shape index (κ1) is 23.4. The molecule has 1 unspecified atom stereocenters. The van der Waals surface area contributed by atoms with Crippen LogP contribution >= 0.6 is 0 Å². The predicted molar refractivity (Wildman–Crippen MR) is 135 cm³/mol. The Morgan fingerprint density at radius 1 is 0.941 bits per heavy atom. The molecule has 0 spiro atoms. The van der Waals surface area contributed by atoms with Crippen molar-refractivity contribution in [2.45, 2.75) is 19.9 Å². The van der Waals surface area contributed by atoms with E-state index in [1.54, 1.807) is 6.20 Å². The molecule has 7 heteroatoms.